The van der Waals surface area contributed by atoms with Crippen molar-refractivity contribution in [3.8, 4) is 11.5 Å². The molecule has 7 heteroatoms. The van der Waals surface area contributed by atoms with Crippen LogP contribution < -0.4 is 17.1 Å². The first-order valence-electron chi connectivity index (χ1n) is 11.2. The molecule has 3 aromatic rings. The SMILES string of the molecule is C=C(C)CN1CC[C@]23c4c5ccc(O)c4O[C@H]2c2[nH]c4ccccc4c2C[C@@]3(O)C1C5.O.[Cl-]. The molecule has 1 spiro atoms. The number of para-hydroxylation sites is 1. The third kappa shape index (κ3) is 2.44. The number of halogens is 1. The quantitative estimate of drug-likeness (QED) is 0.459. The summed E-state index contributed by atoms with van der Waals surface area (Å²) in [5.74, 6) is 0.740. The Bertz CT molecular complexity index is 1300. The number of fused-ring (bicyclic) bond motifs is 4. The summed E-state index contributed by atoms with van der Waals surface area (Å²) >= 11 is 0. The van der Waals surface area contributed by atoms with E-state index in [2.05, 4.69) is 35.5 Å². The number of nitrogens with one attached hydrogen (secondary N) is 1. The van der Waals surface area contributed by atoms with E-state index < -0.39 is 11.0 Å². The van der Waals surface area contributed by atoms with Gasteiger partial charge >= 0.3 is 0 Å². The summed E-state index contributed by atoms with van der Waals surface area (Å²) in [4.78, 5) is 6.03. The number of aromatic nitrogens is 1. The van der Waals surface area contributed by atoms with Crippen LogP contribution in [0.15, 0.2) is 48.6 Å². The highest BCUT2D eigenvalue weighted by molar-refractivity contribution is 5.86. The van der Waals surface area contributed by atoms with E-state index in [1.54, 1.807) is 6.07 Å². The molecule has 1 fully saturated rings. The van der Waals surface area contributed by atoms with Crippen molar-refractivity contribution >= 4 is 10.9 Å². The molecule has 0 saturated carbocycles. The minimum absolute atomic E-state index is 0. The molecule has 0 amide bonds. The van der Waals surface area contributed by atoms with Crippen molar-refractivity contribution in [2.24, 2.45) is 0 Å². The Morgan fingerprint density at radius 2 is 2.06 bits per heavy atom. The van der Waals surface area contributed by atoms with Gasteiger partial charge in [0.25, 0.3) is 0 Å². The van der Waals surface area contributed by atoms with Crippen LogP contribution in [0.3, 0.4) is 0 Å². The Balaban J connectivity index is 0.00000114. The standard InChI is InChI=1S/C26H26N2O3.ClH.H2O/c1-14(2)13-28-10-9-25-21-15-7-8-19(29)23(21)31-24(25)22-17(12-26(25,30)20(28)11-15)16-5-3-4-6-18(16)27-22;;/h3-8,20,24,27,29-30H,1,9-13H2,2H3;1H;1H2/p-1/t20?,24-,25-,26+;;/m0../s1. The number of ether oxygens (including phenoxy) is 1. The summed E-state index contributed by atoms with van der Waals surface area (Å²) in [5.41, 5.74) is 5.08. The van der Waals surface area contributed by atoms with Crippen LogP contribution in [0, 0.1) is 0 Å². The molecular weight excluding hydrogens is 440 g/mol. The van der Waals surface area contributed by atoms with Crippen LogP contribution in [0.25, 0.3) is 10.9 Å². The van der Waals surface area contributed by atoms with Crippen LogP contribution >= 0.6 is 0 Å². The molecule has 2 bridgehead atoms. The van der Waals surface area contributed by atoms with Crippen LogP contribution in [0.5, 0.6) is 11.5 Å². The second-order valence-corrected chi connectivity index (χ2v) is 9.98. The van der Waals surface area contributed by atoms with Crippen LogP contribution in [0.4, 0.5) is 0 Å². The fraction of sp³-hybridized carbons (Fsp3) is 0.385. The van der Waals surface area contributed by atoms with Gasteiger partial charge in [0.05, 0.1) is 16.7 Å². The zero-order chi connectivity index (χ0) is 21.1. The number of likely N-dealkylation sites (tertiary alicyclic amines) is 1. The molecule has 33 heavy (non-hydrogen) atoms. The first-order chi connectivity index (χ1) is 14.9. The summed E-state index contributed by atoms with van der Waals surface area (Å²) in [6.45, 7) is 7.87. The van der Waals surface area contributed by atoms with E-state index in [1.807, 2.05) is 18.2 Å². The highest BCUT2D eigenvalue weighted by Crippen LogP contribution is 2.68. The second-order valence-electron chi connectivity index (χ2n) is 9.98. The molecule has 6 nitrogen and oxygen atoms in total. The number of aromatic amines is 1. The van der Waals surface area contributed by atoms with Gasteiger partial charge in [-0.2, -0.15) is 0 Å². The van der Waals surface area contributed by atoms with Gasteiger partial charge in [-0.05, 0) is 43.0 Å². The molecule has 2 aromatic carbocycles. The zero-order valence-electron chi connectivity index (χ0n) is 18.5. The van der Waals surface area contributed by atoms with Gasteiger partial charge in [0.1, 0.15) is 0 Å². The number of H-pyrrole nitrogens is 1. The number of benzene rings is 2. The highest BCUT2D eigenvalue weighted by atomic mass is 35.5. The number of aromatic hydroxyl groups is 1. The predicted octanol–water partition coefficient (Wildman–Crippen LogP) is -0.0820. The highest BCUT2D eigenvalue weighted by Gasteiger charge is 2.72. The first-order valence-corrected chi connectivity index (χ1v) is 11.2. The molecule has 4 aliphatic rings. The molecule has 1 aromatic heterocycles. The van der Waals surface area contributed by atoms with Gasteiger partial charge in [-0.3, -0.25) is 4.90 Å². The summed E-state index contributed by atoms with van der Waals surface area (Å²) in [5, 5.41) is 24.5. The van der Waals surface area contributed by atoms with Crippen molar-refractivity contribution in [1.82, 2.24) is 9.88 Å². The zero-order valence-corrected chi connectivity index (χ0v) is 19.2. The predicted molar refractivity (Wildman–Crippen MR) is 122 cm³/mol. The largest absolute Gasteiger partial charge is 1.00 e. The van der Waals surface area contributed by atoms with Gasteiger partial charge in [-0.1, -0.05) is 36.4 Å². The van der Waals surface area contributed by atoms with E-state index in [9.17, 15) is 10.2 Å². The first kappa shape index (κ1) is 22.3. The molecule has 0 radical (unpaired) electrons. The number of hydrogen-bond donors (Lipinski definition) is 3. The van der Waals surface area contributed by atoms with E-state index in [1.165, 1.54) is 5.56 Å². The van der Waals surface area contributed by atoms with Gasteiger partial charge in [-0.25, -0.2) is 0 Å². The Morgan fingerprint density at radius 1 is 1.27 bits per heavy atom. The molecule has 1 saturated heterocycles. The van der Waals surface area contributed by atoms with Gasteiger partial charge in [-0.15, -0.1) is 0 Å². The average molecular weight is 468 g/mol. The number of nitrogens with zero attached hydrogens (tertiary/aromatic N) is 1. The third-order valence-electron chi connectivity index (χ3n) is 8.35. The van der Waals surface area contributed by atoms with Crippen molar-refractivity contribution < 1.29 is 32.8 Å². The van der Waals surface area contributed by atoms with Crippen LogP contribution in [-0.4, -0.2) is 50.3 Å². The molecule has 3 heterocycles. The molecule has 2 aliphatic carbocycles. The Kier molecular flexibility index (Phi) is 4.73. The lowest BCUT2D eigenvalue weighted by atomic mass is 9.49. The van der Waals surface area contributed by atoms with Crippen molar-refractivity contribution in [3.05, 3.63) is 70.9 Å². The second kappa shape index (κ2) is 7.00. The van der Waals surface area contributed by atoms with E-state index in [0.29, 0.717) is 12.2 Å². The Labute approximate surface area is 198 Å². The molecule has 4 atom stereocenters. The summed E-state index contributed by atoms with van der Waals surface area (Å²) in [6.07, 6.45) is 1.79. The number of rotatable bonds is 2. The monoisotopic (exact) mass is 467 g/mol. The van der Waals surface area contributed by atoms with Gasteiger partial charge < -0.3 is 37.8 Å². The number of phenols is 1. The smallest absolute Gasteiger partial charge is 0.166 e. The fourth-order valence-corrected chi connectivity index (χ4v) is 7.26. The third-order valence-corrected chi connectivity index (χ3v) is 8.35. The molecule has 174 valence electrons. The summed E-state index contributed by atoms with van der Waals surface area (Å²) in [6, 6.07) is 12.1. The fourth-order valence-electron chi connectivity index (χ4n) is 7.26. The number of phenolic OH excluding ortho intramolecular Hbond substituents is 1. The Morgan fingerprint density at radius 3 is 2.85 bits per heavy atom. The maximum atomic E-state index is 12.7. The van der Waals surface area contributed by atoms with E-state index in [0.717, 1.165) is 59.2 Å². The lowest BCUT2D eigenvalue weighted by Crippen LogP contribution is -3.00. The number of hydrogen-bond acceptors (Lipinski definition) is 4. The molecule has 1 unspecified atom stereocenters. The average Bonchev–Trinajstić information content (AvgIpc) is 3.27. The van der Waals surface area contributed by atoms with E-state index >= 15 is 0 Å². The van der Waals surface area contributed by atoms with E-state index in [-0.39, 0.29) is 35.8 Å². The topological polar surface area (TPSA) is 100 Å². The molecule has 5 N–H and O–H groups in total. The van der Waals surface area contributed by atoms with Gasteiger partial charge in [0, 0.05) is 42.0 Å². The van der Waals surface area contributed by atoms with E-state index in [4.69, 9.17) is 4.74 Å². The van der Waals surface area contributed by atoms with Crippen LogP contribution in [-0.2, 0) is 18.3 Å². The summed E-state index contributed by atoms with van der Waals surface area (Å²) in [7, 11) is 0. The molecule has 7 rings (SSSR count). The normalized spacial score (nSPS) is 30.5. The van der Waals surface area contributed by atoms with Gasteiger partial charge in [0.15, 0.2) is 17.6 Å². The number of aliphatic hydroxyl groups is 1. The maximum absolute atomic E-state index is 12.7. The lowest BCUT2D eigenvalue weighted by molar-refractivity contribution is -0.170. The molecule has 2 aliphatic heterocycles. The minimum Gasteiger partial charge on any atom is -1.00 e. The van der Waals surface area contributed by atoms with Crippen molar-refractivity contribution in [2.45, 2.75) is 49.3 Å². The van der Waals surface area contributed by atoms with Crippen molar-refractivity contribution in [3.63, 3.8) is 0 Å². The maximum Gasteiger partial charge on any atom is 0.166 e. The van der Waals surface area contributed by atoms with Crippen molar-refractivity contribution in [2.75, 3.05) is 13.1 Å². The van der Waals surface area contributed by atoms with Crippen molar-refractivity contribution in [1.29, 1.82) is 0 Å². The van der Waals surface area contributed by atoms with Crippen LogP contribution in [0.1, 0.15) is 41.8 Å². The Hall–Kier alpha value is -2.51. The molecular formula is C26H28ClN2O4-. The van der Waals surface area contributed by atoms with Crippen LogP contribution in [0.2, 0.25) is 0 Å². The lowest BCUT2D eigenvalue weighted by Gasteiger charge is -2.62. The number of piperidine rings is 1. The summed E-state index contributed by atoms with van der Waals surface area (Å²) < 4.78 is 6.57. The minimum atomic E-state index is -0.977. The van der Waals surface area contributed by atoms with Gasteiger partial charge in [0.2, 0.25) is 0 Å².